The molecule has 0 amide bonds. The molecule has 36 heavy (non-hydrogen) atoms. The Balaban J connectivity index is 1.50. The molecule has 6 nitrogen and oxygen atoms in total. The molecule has 0 saturated carbocycles. The highest BCUT2D eigenvalue weighted by atomic mass is 16.5. The number of benzene rings is 3. The fourth-order valence-corrected chi connectivity index (χ4v) is 7.68. The zero-order chi connectivity index (χ0) is 22.9. The van der Waals surface area contributed by atoms with Crippen LogP contribution in [0.4, 0.5) is 0 Å². The quantitative estimate of drug-likeness (QED) is 0.240. The Kier molecular flexibility index (Phi) is 2.25. The predicted molar refractivity (Wildman–Crippen MR) is 135 cm³/mol. The lowest BCUT2D eigenvalue weighted by molar-refractivity contribution is -0.944. The first kappa shape index (κ1) is 16.6. The van der Waals surface area contributed by atoms with Crippen LogP contribution < -0.4 is 13.9 Å². The molecule has 1 spiro atoms. The maximum atomic E-state index is 6.71. The van der Waals surface area contributed by atoms with Crippen LogP contribution >= 0.6 is 0 Å². The zero-order valence-electron chi connectivity index (χ0n) is 18.8. The number of imidazole rings is 2. The smallest absolute Gasteiger partial charge is 0.315 e. The van der Waals surface area contributed by atoms with Gasteiger partial charge in [-0.25, -0.2) is 0 Å². The molecule has 0 N–H and O–H groups in total. The third kappa shape index (κ3) is 1.37. The molecular weight excluding hydrogens is 446 g/mol. The van der Waals surface area contributed by atoms with Gasteiger partial charge in [-0.3, -0.25) is 4.98 Å². The second-order valence-corrected chi connectivity index (χ2v) is 10.1. The van der Waals surface area contributed by atoms with E-state index in [1.807, 2.05) is 12.4 Å². The summed E-state index contributed by atoms with van der Waals surface area (Å²) >= 11 is 0. The maximum Gasteiger partial charge on any atom is 0.315 e. The standard InChI is InChI=1S/C30H15N5O/c1-2-4-20-16(3-1)18-5-7-22-26-24(18)28-32(20)11-13-34(28)30(26)27-23(36-22)8-6-19-17-9-10-31-15-21(17)33-12-14-35(30)29(33)25(19)27/h1-15H/q+2. The summed E-state index contributed by atoms with van der Waals surface area (Å²) in [6.45, 7) is 0. The lowest BCUT2D eigenvalue weighted by atomic mass is 9.85. The van der Waals surface area contributed by atoms with E-state index in [-0.39, 0.29) is 0 Å². The number of aromatic nitrogens is 5. The van der Waals surface area contributed by atoms with Crippen LogP contribution in [0, 0.1) is 0 Å². The molecule has 5 aromatic heterocycles. The van der Waals surface area contributed by atoms with E-state index in [4.69, 9.17) is 4.74 Å². The van der Waals surface area contributed by atoms with Gasteiger partial charge in [-0.2, -0.15) is 17.9 Å². The van der Waals surface area contributed by atoms with Crippen molar-refractivity contribution in [3.63, 3.8) is 0 Å². The Morgan fingerprint density at radius 3 is 2.03 bits per heavy atom. The number of hydrogen-bond acceptors (Lipinski definition) is 2. The van der Waals surface area contributed by atoms with Gasteiger partial charge in [0.25, 0.3) is 11.3 Å². The first-order valence-electron chi connectivity index (χ1n) is 12.2. The molecule has 1 atom stereocenters. The molecule has 3 aliphatic heterocycles. The summed E-state index contributed by atoms with van der Waals surface area (Å²) in [4.78, 5) is 4.47. The maximum absolute atomic E-state index is 6.71. The number of fused-ring (bicyclic) bond motifs is 6. The minimum absolute atomic E-state index is 0.543. The number of hydrogen-bond donors (Lipinski definition) is 0. The van der Waals surface area contributed by atoms with Crippen molar-refractivity contribution in [3.8, 4) is 11.5 Å². The van der Waals surface area contributed by atoms with Crippen LogP contribution in [0.2, 0.25) is 0 Å². The number of ether oxygens (including phenoxy) is 1. The van der Waals surface area contributed by atoms with Crippen LogP contribution in [-0.2, 0) is 5.66 Å². The second kappa shape index (κ2) is 4.88. The first-order valence-corrected chi connectivity index (χ1v) is 12.2. The summed E-state index contributed by atoms with van der Waals surface area (Å²) in [6, 6.07) is 19.6. The lowest BCUT2D eigenvalue weighted by Gasteiger charge is -2.30. The molecule has 0 saturated heterocycles. The molecule has 0 aliphatic carbocycles. The van der Waals surface area contributed by atoms with Crippen LogP contribution in [0.25, 0.3) is 54.6 Å². The highest BCUT2D eigenvalue weighted by molar-refractivity contribution is 6.17. The van der Waals surface area contributed by atoms with Crippen molar-refractivity contribution in [2.24, 2.45) is 0 Å². The van der Waals surface area contributed by atoms with Crippen LogP contribution in [-0.4, -0.2) is 13.8 Å². The molecule has 6 heteroatoms. The number of para-hydroxylation sites is 1. The molecule has 3 aromatic carbocycles. The van der Waals surface area contributed by atoms with E-state index >= 15 is 0 Å². The Morgan fingerprint density at radius 2 is 1.31 bits per heavy atom. The fraction of sp³-hybridized carbons (Fsp3) is 0.0333. The average molecular weight is 461 g/mol. The van der Waals surface area contributed by atoms with Gasteiger partial charge in [0.2, 0.25) is 0 Å². The Morgan fingerprint density at radius 1 is 0.667 bits per heavy atom. The van der Waals surface area contributed by atoms with Crippen molar-refractivity contribution in [2.75, 3.05) is 0 Å². The molecule has 0 radical (unpaired) electrons. The van der Waals surface area contributed by atoms with Gasteiger partial charge in [-0.15, -0.1) is 0 Å². The first-order chi connectivity index (χ1) is 17.9. The molecule has 11 rings (SSSR count). The van der Waals surface area contributed by atoms with Gasteiger partial charge in [-0.1, -0.05) is 18.2 Å². The van der Waals surface area contributed by atoms with Crippen molar-refractivity contribution < 1.29 is 13.9 Å². The lowest BCUT2D eigenvalue weighted by Crippen LogP contribution is -2.71. The van der Waals surface area contributed by atoms with Crippen LogP contribution in [0.5, 0.6) is 11.5 Å². The average Bonchev–Trinajstić information content (AvgIpc) is 3.68. The van der Waals surface area contributed by atoms with Crippen molar-refractivity contribution in [1.82, 2.24) is 13.8 Å². The van der Waals surface area contributed by atoms with E-state index in [9.17, 15) is 0 Å². The second-order valence-electron chi connectivity index (χ2n) is 10.1. The third-order valence-electron chi connectivity index (χ3n) is 8.84. The number of pyridine rings is 3. The van der Waals surface area contributed by atoms with Crippen molar-refractivity contribution in [3.05, 3.63) is 103 Å². The summed E-state index contributed by atoms with van der Waals surface area (Å²) in [5.41, 5.74) is 6.63. The largest absolute Gasteiger partial charge is 0.456 e. The number of rotatable bonds is 0. The summed E-state index contributed by atoms with van der Waals surface area (Å²) < 4.78 is 16.3. The summed E-state index contributed by atoms with van der Waals surface area (Å²) in [5.74, 6) is 1.86. The van der Waals surface area contributed by atoms with Crippen molar-refractivity contribution >= 4 is 54.6 Å². The van der Waals surface area contributed by atoms with Gasteiger partial charge in [0.1, 0.15) is 52.9 Å². The van der Waals surface area contributed by atoms with Gasteiger partial charge in [-0.05, 0) is 36.4 Å². The van der Waals surface area contributed by atoms with E-state index in [0.29, 0.717) is 0 Å². The van der Waals surface area contributed by atoms with Gasteiger partial charge in [0.15, 0.2) is 5.52 Å². The molecule has 8 aromatic rings. The predicted octanol–water partition coefficient (Wildman–Crippen LogP) is 4.81. The van der Waals surface area contributed by atoms with E-state index in [1.165, 1.54) is 60.3 Å². The summed E-state index contributed by atoms with van der Waals surface area (Å²) in [7, 11) is 0. The van der Waals surface area contributed by atoms with Gasteiger partial charge in [0.05, 0.1) is 17.0 Å². The Labute approximate surface area is 202 Å². The molecule has 0 fully saturated rings. The topological polar surface area (TPSA) is 38.7 Å². The Hall–Kier alpha value is -4.97. The normalized spacial score (nSPS) is 18.3. The van der Waals surface area contributed by atoms with Crippen molar-refractivity contribution in [1.29, 1.82) is 0 Å². The molecule has 3 aliphatic rings. The van der Waals surface area contributed by atoms with Gasteiger partial charge in [0, 0.05) is 27.7 Å². The van der Waals surface area contributed by atoms with E-state index < -0.39 is 5.66 Å². The highest BCUT2D eigenvalue weighted by Gasteiger charge is 2.65. The summed E-state index contributed by atoms with van der Waals surface area (Å²) in [5, 5.41) is 7.48. The molecular formula is C30H15N5O+2. The Bertz CT molecular complexity index is 2240. The zero-order valence-corrected chi connectivity index (χ0v) is 18.8. The van der Waals surface area contributed by atoms with Crippen LogP contribution in [0.1, 0.15) is 11.1 Å². The third-order valence-corrected chi connectivity index (χ3v) is 8.84. The molecule has 1 unspecified atom stereocenters. The van der Waals surface area contributed by atoms with Crippen LogP contribution in [0.15, 0.2) is 91.8 Å². The van der Waals surface area contributed by atoms with Crippen molar-refractivity contribution in [2.45, 2.75) is 5.66 Å². The number of nitrogens with zero attached hydrogens (tertiary/aromatic N) is 5. The van der Waals surface area contributed by atoms with E-state index in [2.05, 4.69) is 102 Å². The molecule has 8 heterocycles. The summed E-state index contributed by atoms with van der Waals surface area (Å²) in [6.07, 6.45) is 12.7. The molecule has 0 bridgehead atoms. The molecule has 164 valence electrons. The SMILES string of the molecule is c1ccc2c(c1)c1ccc3c4c1c1n2cc[n+]1C41c2c(ccc4c5ccncc5n5cc[n+]1c5c24)O3. The van der Waals surface area contributed by atoms with E-state index in [0.717, 1.165) is 17.0 Å². The minimum Gasteiger partial charge on any atom is -0.456 e. The van der Waals surface area contributed by atoms with Gasteiger partial charge < -0.3 is 4.74 Å². The van der Waals surface area contributed by atoms with Gasteiger partial charge >= 0.3 is 5.66 Å². The van der Waals surface area contributed by atoms with E-state index in [1.54, 1.807) is 0 Å². The van der Waals surface area contributed by atoms with Crippen LogP contribution in [0.3, 0.4) is 0 Å². The fourth-order valence-electron chi connectivity index (χ4n) is 7.68. The minimum atomic E-state index is -0.543. The monoisotopic (exact) mass is 461 g/mol. The highest BCUT2D eigenvalue weighted by Crippen LogP contribution is 2.57.